The number of fused-ring (bicyclic) bond motifs is 1. The van der Waals surface area contributed by atoms with E-state index in [1.54, 1.807) is 37.4 Å². The van der Waals surface area contributed by atoms with Crippen molar-refractivity contribution in [2.24, 2.45) is 0 Å². The van der Waals surface area contributed by atoms with Crippen LogP contribution in [0.4, 0.5) is 0 Å². The maximum atomic E-state index is 13.0. The largest absolute Gasteiger partial charge is 0.454 e. The average molecular weight is 355 g/mol. The van der Waals surface area contributed by atoms with Gasteiger partial charge in [-0.3, -0.25) is 14.2 Å². The van der Waals surface area contributed by atoms with Crippen LogP contribution >= 0.6 is 0 Å². The lowest BCUT2D eigenvalue weighted by molar-refractivity contribution is 0.0927. The second-order valence-corrected chi connectivity index (χ2v) is 6.58. The predicted molar refractivity (Wildman–Crippen MR) is 96.3 cm³/mol. The molecule has 0 aliphatic carbocycles. The molecule has 26 heavy (non-hydrogen) atoms. The van der Waals surface area contributed by atoms with E-state index in [1.165, 1.54) is 4.57 Å². The molecule has 7 nitrogen and oxygen atoms in total. The molecule has 2 aliphatic rings. The van der Waals surface area contributed by atoms with E-state index in [1.807, 2.05) is 0 Å². The van der Waals surface area contributed by atoms with E-state index in [0.717, 1.165) is 25.9 Å². The maximum Gasteiger partial charge on any atom is 0.268 e. The molecule has 0 saturated carbocycles. The highest BCUT2D eigenvalue weighted by Crippen LogP contribution is 2.33. The van der Waals surface area contributed by atoms with Crippen molar-refractivity contribution >= 4 is 5.91 Å². The minimum Gasteiger partial charge on any atom is -0.454 e. The second-order valence-electron chi connectivity index (χ2n) is 6.58. The fourth-order valence-corrected chi connectivity index (χ4v) is 3.36. The zero-order valence-electron chi connectivity index (χ0n) is 14.6. The van der Waals surface area contributed by atoms with Crippen LogP contribution in [0.1, 0.15) is 28.8 Å². The average Bonchev–Trinajstić information content (AvgIpc) is 3.10. The first kappa shape index (κ1) is 16.7. The Morgan fingerprint density at radius 1 is 1.19 bits per heavy atom. The predicted octanol–water partition coefficient (Wildman–Crippen LogP) is 1.36. The van der Waals surface area contributed by atoms with Crippen molar-refractivity contribution in [3.05, 3.63) is 51.9 Å². The Morgan fingerprint density at radius 3 is 2.77 bits per heavy atom. The highest BCUT2D eigenvalue weighted by Gasteiger charge is 2.22. The number of rotatable bonds is 3. The third-order valence-electron chi connectivity index (χ3n) is 4.84. The van der Waals surface area contributed by atoms with Crippen molar-refractivity contribution in [3.63, 3.8) is 0 Å². The van der Waals surface area contributed by atoms with Crippen molar-refractivity contribution < 1.29 is 14.3 Å². The molecule has 1 saturated heterocycles. The van der Waals surface area contributed by atoms with Crippen LogP contribution in [0, 0.1) is 6.92 Å². The molecule has 1 amide bonds. The molecular weight excluding hydrogens is 334 g/mol. The van der Waals surface area contributed by atoms with Crippen molar-refractivity contribution in [1.29, 1.82) is 0 Å². The Balaban J connectivity index is 1.67. The smallest absolute Gasteiger partial charge is 0.268 e. The molecule has 1 aromatic heterocycles. The second kappa shape index (κ2) is 6.84. The van der Waals surface area contributed by atoms with Crippen LogP contribution in [-0.2, 0) is 0 Å². The van der Waals surface area contributed by atoms with E-state index in [2.05, 4.69) is 10.6 Å². The fourth-order valence-electron chi connectivity index (χ4n) is 3.36. The quantitative estimate of drug-likeness (QED) is 0.869. The SMILES string of the molecule is Cc1ccn(-c2ccc3c(c2)OCO3)c(=O)c1C(=O)NC1CCNCC1. The van der Waals surface area contributed by atoms with Gasteiger partial charge in [0, 0.05) is 18.3 Å². The minimum absolute atomic E-state index is 0.0988. The number of piperidine rings is 1. The summed E-state index contributed by atoms with van der Waals surface area (Å²) in [5.41, 5.74) is 1.15. The van der Waals surface area contributed by atoms with E-state index in [4.69, 9.17) is 9.47 Å². The minimum atomic E-state index is -0.338. The normalized spacial score (nSPS) is 16.5. The van der Waals surface area contributed by atoms with Crippen LogP contribution in [0.25, 0.3) is 5.69 Å². The molecule has 0 unspecified atom stereocenters. The first-order valence-corrected chi connectivity index (χ1v) is 8.77. The maximum absolute atomic E-state index is 13.0. The summed E-state index contributed by atoms with van der Waals surface area (Å²) >= 11 is 0. The van der Waals surface area contributed by atoms with Gasteiger partial charge in [0.15, 0.2) is 11.5 Å². The van der Waals surface area contributed by atoms with Gasteiger partial charge in [0.25, 0.3) is 11.5 Å². The van der Waals surface area contributed by atoms with Gasteiger partial charge in [-0.15, -0.1) is 0 Å². The Morgan fingerprint density at radius 2 is 1.96 bits per heavy atom. The first-order valence-electron chi connectivity index (χ1n) is 8.77. The van der Waals surface area contributed by atoms with Crippen LogP contribution in [0.15, 0.2) is 35.3 Å². The van der Waals surface area contributed by atoms with Gasteiger partial charge in [0.05, 0.1) is 5.69 Å². The zero-order chi connectivity index (χ0) is 18.1. The van der Waals surface area contributed by atoms with Gasteiger partial charge in [-0.2, -0.15) is 0 Å². The van der Waals surface area contributed by atoms with Gasteiger partial charge in [0.2, 0.25) is 6.79 Å². The molecule has 3 heterocycles. The van der Waals surface area contributed by atoms with Crippen LogP contribution in [-0.4, -0.2) is 36.4 Å². The van der Waals surface area contributed by atoms with Gasteiger partial charge in [-0.25, -0.2) is 0 Å². The number of ether oxygens (including phenoxy) is 2. The lowest BCUT2D eigenvalue weighted by atomic mass is 10.1. The Hall–Kier alpha value is -2.80. The molecule has 0 atom stereocenters. The summed E-state index contributed by atoms with van der Waals surface area (Å²) in [7, 11) is 0. The molecule has 0 bridgehead atoms. The summed E-state index contributed by atoms with van der Waals surface area (Å²) in [6.45, 7) is 3.70. The number of nitrogens with zero attached hydrogens (tertiary/aromatic N) is 1. The molecular formula is C19H21N3O4. The number of aryl methyl sites for hydroxylation is 1. The monoisotopic (exact) mass is 355 g/mol. The first-order chi connectivity index (χ1) is 12.6. The van der Waals surface area contributed by atoms with E-state index < -0.39 is 0 Å². The summed E-state index contributed by atoms with van der Waals surface area (Å²) < 4.78 is 12.2. The topological polar surface area (TPSA) is 81.6 Å². The summed E-state index contributed by atoms with van der Waals surface area (Å²) in [5, 5.41) is 6.26. The van der Waals surface area contributed by atoms with Gasteiger partial charge in [0.1, 0.15) is 5.56 Å². The lowest BCUT2D eigenvalue weighted by Crippen LogP contribution is -2.44. The van der Waals surface area contributed by atoms with Gasteiger partial charge >= 0.3 is 0 Å². The number of hydrogen-bond acceptors (Lipinski definition) is 5. The van der Waals surface area contributed by atoms with Crippen LogP contribution in [0.3, 0.4) is 0 Å². The van der Waals surface area contributed by atoms with Crippen LogP contribution in [0.2, 0.25) is 0 Å². The zero-order valence-corrected chi connectivity index (χ0v) is 14.6. The summed E-state index contributed by atoms with van der Waals surface area (Å²) in [5.74, 6) is 0.933. The third kappa shape index (κ3) is 3.06. The Kier molecular flexibility index (Phi) is 4.38. The highest BCUT2D eigenvalue weighted by molar-refractivity contribution is 5.95. The molecule has 1 aromatic carbocycles. The highest BCUT2D eigenvalue weighted by atomic mass is 16.7. The van der Waals surface area contributed by atoms with E-state index in [0.29, 0.717) is 22.7 Å². The van der Waals surface area contributed by atoms with Crippen LogP contribution in [0.5, 0.6) is 11.5 Å². The summed E-state index contributed by atoms with van der Waals surface area (Å²) in [6, 6.07) is 7.16. The molecule has 136 valence electrons. The van der Waals surface area contributed by atoms with Gasteiger partial charge < -0.3 is 20.1 Å². The number of pyridine rings is 1. The number of carbonyl (C=O) groups is 1. The van der Waals surface area contributed by atoms with Crippen molar-refractivity contribution in [2.75, 3.05) is 19.9 Å². The van der Waals surface area contributed by atoms with Crippen molar-refractivity contribution in [3.8, 4) is 17.2 Å². The Labute approximate surface area is 150 Å². The number of benzene rings is 1. The number of aromatic nitrogens is 1. The fraction of sp³-hybridized carbons (Fsp3) is 0.368. The molecule has 7 heteroatoms. The molecule has 2 aliphatic heterocycles. The van der Waals surface area contributed by atoms with Crippen LogP contribution < -0.4 is 25.7 Å². The molecule has 0 spiro atoms. The van der Waals surface area contributed by atoms with E-state index >= 15 is 0 Å². The van der Waals surface area contributed by atoms with E-state index in [9.17, 15) is 9.59 Å². The summed E-state index contributed by atoms with van der Waals surface area (Å²) in [4.78, 5) is 25.7. The standard InChI is InChI=1S/C19H21N3O4/c1-12-6-9-22(14-2-3-15-16(10-14)26-11-25-15)19(24)17(12)18(23)21-13-4-7-20-8-5-13/h2-3,6,9-10,13,20H,4-5,7-8,11H2,1H3,(H,21,23). The van der Waals surface area contributed by atoms with Gasteiger partial charge in [-0.05, 0) is 56.6 Å². The molecule has 2 aromatic rings. The van der Waals surface area contributed by atoms with Crippen molar-refractivity contribution in [2.45, 2.75) is 25.8 Å². The number of hydrogen-bond donors (Lipinski definition) is 2. The van der Waals surface area contributed by atoms with E-state index in [-0.39, 0.29) is 29.9 Å². The molecule has 1 fully saturated rings. The van der Waals surface area contributed by atoms with Crippen molar-refractivity contribution in [1.82, 2.24) is 15.2 Å². The Bertz CT molecular complexity index is 900. The number of nitrogens with one attached hydrogen (secondary N) is 2. The third-order valence-corrected chi connectivity index (χ3v) is 4.84. The lowest BCUT2D eigenvalue weighted by Gasteiger charge is -2.24. The molecule has 2 N–H and O–H groups in total. The number of carbonyl (C=O) groups excluding carboxylic acids is 1. The molecule has 0 radical (unpaired) electrons. The number of amides is 1. The summed E-state index contributed by atoms with van der Waals surface area (Å²) in [6.07, 6.45) is 3.42. The molecule has 4 rings (SSSR count). The van der Waals surface area contributed by atoms with Gasteiger partial charge in [-0.1, -0.05) is 0 Å².